The largest absolute Gasteiger partial charge is 0.486 e. The third-order valence-corrected chi connectivity index (χ3v) is 11.2. The van der Waals surface area contributed by atoms with Gasteiger partial charge in [-0.1, -0.05) is 25.4 Å². The van der Waals surface area contributed by atoms with Crippen LogP contribution in [0.1, 0.15) is 54.4 Å². The zero-order valence-corrected chi connectivity index (χ0v) is 27.8. The smallest absolute Gasteiger partial charge is 0.427 e. The van der Waals surface area contributed by atoms with Crippen molar-refractivity contribution in [2.75, 3.05) is 16.2 Å². The molecule has 19 heteroatoms. The van der Waals surface area contributed by atoms with Gasteiger partial charge in [-0.25, -0.2) is 21.6 Å². The Hall–Kier alpha value is -3.25. The number of hydrogen-bond donors (Lipinski definition) is 2. The van der Waals surface area contributed by atoms with E-state index in [4.69, 9.17) is 22.1 Å². The van der Waals surface area contributed by atoms with E-state index in [0.717, 1.165) is 4.31 Å². The fourth-order valence-electron chi connectivity index (χ4n) is 4.06. The number of sulfonamides is 2. The summed E-state index contributed by atoms with van der Waals surface area (Å²) in [6, 6.07) is 3.80. The molecule has 2 heterocycles. The lowest BCUT2D eigenvalue weighted by Gasteiger charge is -2.36. The average Bonchev–Trinajstić information content (AvgIpc) is 3.32. The number of benzene rings is 1. The molecule has 0 spiro atoms. The van der Waals surface area contributed by atoms with Crippen LogP contribution in [0.3, 0.4) is 0 Å². The number of carbonyl (C=O) groups excluding carboxylic acids is 1. The number of aromatic nitrogens is 2. The number of alkyl halides is 3. The van der Waals surface area contributed by atoms with Crippen molar-refractivity contribution < 1.29 is 44.3 Å². The van der Waals surface area contributed by atoms with E-state index in [1.807, 2.05) is 0 Å². The summed E-state index contributed by atoms with van der Waals surface area (Å²) in [7, 11) is -8.30. The number of ether oxygens (including phenoxy) is 2. The minimum atomic E-state index is -4.85. The Kier molecular flexibility index (Phi) is 10.7. The van der Waals surface area contributed by atoms with Gasteiger partial charge in [-0.3, -0.25) is 14.3 Å². The highest BCUT2D eigenvalue weighted by Gasteiger charge is 2.51. The summed E-state index contributed by atoms with van der Waals surface area (Å²) in [5, 5.41) is 5.12. The molecule has 2 aromatic rings. The predicted molar refractivity (Wildman–Crippen MR) is 163 cm³/mol. The second-order valence-electron chi connectivity index (χ2n) is 11.0. The van der Waals surface area contributed by atoms with Crippen molar-refractivity contribution in [3.8, 4) is 5.75 Å². The fraction of sp³-hybridized carbons (Fsp3) is 0.577. The Morgan fingerprint density at radius 3 is 2.44 bits per heavy atom. The lowest BCUT2D eigenvalue weighted by atomic mass is 10.0. The van der Waals surface area contributed by atoms with Crippen molar-refractivity contribution in [1.29, 1.82) is 0 Å². The first-order chi connectivity index (χ1) is 20.6. The summed E-state index contributed by atoms with van der Waals surface area (Å²) in [6.07, 6.45) is -5.51. The van der Waals surface area contributed by atoms with Crippen molar-refractivity contribution in [3.05, 3.63) is 29.5 Å². The fourth-order valence-corrected chi connectivity index (χ4v) is 7.08. The number of fused-ring (bicyclic) bond motifs is 1. The molecule has 3 rings (SSSR count). The summed E-state index contributed by atoms with van der Waals surface area (Å²) in [5.41, 5.74) is 3.07. The highest BCUT2D eigenvalue weighted by molar-refractivity contribution is 7.93. The Morgan fingerprint density at radius 2 is 1.89 bits per heavy atom. The molecule has 252 valence electrons. The normalized spacial score (nSPS) is 17.7. The van der Waals surface area contributed by atoms with Crippen LogP contribution >= 0.6 is 11.6 Å². The highest BCUT2D eigenvalue weighted by Crippen LogP contribution is 2.41. The number of hydrogen-bond acceptors (Lipinski definition) is 8. The Labute approximate surface area is 265 Å². The molecular formula is C26H36ClF3N6O7S2. The van der Waals surface area contributed by atoms with Gasteiger partial charge < -0.3 is 15.2 Å². The predicted octanol–water partition coefficient (Wildman–Crippen LogP) is 4.91. The van der Waals surface area contributed by atoms with Gasteiger partial charge in [0.2, 0.25) is 5.60 Å². The van der Waals surface area contributed by atoms with E-state index in [2.05, 4.69) is 19.6 Å². The van der Waals surface area contributed by atoms with E-state index >= 15 is 0 Å². The van der Waals surface area contributed by atoms with Crippen LogP contribution in [-0.2, 0) is 31.3 Å². The number of halogens is 4. The minimum Gasteiger partial charge on any atom is -0.486 e. The summed E-state index contributed by atoms with van der Waals surface area (Å²) in [6.45, 7) is 7.92. The second kappa shape index (κ2) is 13.2. The van der Waals surface area contributed by atoms with Gasteiger partial charge >= 0.3 is 12.3 Å². The number of nitrogens with zero attached hydrogens (tertiary/aromatic N) is 4. The molecule has 0 fully saturated rings. The first-order valence-electron chi connectivity index (χ1n) is 13.8. The van der Waals surface area contributed by atoms with E-state index in [9.17, 15) is 34.8 Å². The average molecular weight is 701 g/mol. The summed E-state index contributed by atoms with van der Waals surface area (Å²) < 4.78 is 109. The molecule has 0 saturated heterocycles. The zero-order chi connectivity index (χ0) is 34.1. The highest BCUT2D eigenvalue weighted by atomic mass is 35.5. The first kappa shape index (κ1) is 36.2. The third-order valence-electron chi connectivity index (χ3n) is 7.18. The lowest BCUT2D eigenvalue weighted by Crippen LogP contribution is -2.45. The number of aryl methyl sites for hydroxylation is 1. The molecule has 3 atom stereocenters. The van der Waals surface area contributed by atoms with Crippen LogP contribution in [0.5, 0.6) is 5.75 Å². The molecule has 1 aromatic carbocycles. The van der Waals surface area contributed by atoms with Crippen LogP contribution in [-0.4, -0.2) is 68.2 Å². The molecule has 0 aliphatic carbocycles. The Morgan fingerprint density at radius 1 is 1.24 bits per heavy atom. The van der Waals surface area contributed by atoms with Crippen LogP contribution in [0.4, 0.5) is 29.3 Å². The van der Waals surface area contributed by atoms with Crippen LogP contribution < -0.4 is 20.1 Å². The lowest BCUT2D eigenvalue weighted by molar-refractivity contribution is -0.242. The third kappa shape index (κ3) is 8.13. The number of rotatable bonds is 11. The number of amides is 1. The van der Waals surface area contributed by atoms with Crippen molar-refractivity contribution in [3.63, 3.8) is 0 Å². The molecule has 1 unspecified atom stereocenters. The topological polar surface area (TPSA) is 175 Å². The molecule has 0 saturated carbocycles. The maximum atomic E-state index is 14.0. The van der Waals surface area contributed by atoms with Gasteiger partial charge in [0.1, 0.15) is 22.6 Å². The van der Waals surface area contributed by atoms with E-state index in [1.54, 1.807) is 20.8 Å². The minimum absolute atomic E-state index is 0.0401. The Balaban J connectivity index is 1.99. The number of carbonyl (C=O) groups is 1. The number of nitrogens with one attached hydrogen (secondary N) is 1. The van der Waals surface area contributed by atoms with Gasteiger partial charge in [0.25, 0.3) is 20.0 Å². The van der Waals surface area contributed by atoms with Crippen molar-refractivity contribution in [2.24, 2.45) is 16.0 Å². The Bertz CT molecular complexity index is 1660. The first-order valence-corrected chi connectivity index (χ1v) is 17.2. The number of nitrogens with two attached hydrogens (primary N) is 1. The van der Waals surface area contributed by atoms with Gasteiger partial charge in [0.05, 0.1) is 17.5 Å². The van der Waals surface area contributed by atoms with E-state index in [-0.39, 0.29) is 46.0 Å². The molecule has 1 amide bonds. The maximum Gasteiger partial charge on any atom is 0.427 e. The SMILES string of the molecule is CCC(C)S(=O)(=O)/N=C(\N)[C@H](C)C[C@H]1CN(S(=O)(=O)c2cn(CC)nc2Cl)c2cc(NC(=O)OC(C)(C)C(F)(F)F)ccc2O1. The molecule has 1 aliphatic rings. The van der Waals surface area contributed by atoms with Crippen molar-refractivity contribution in [2.45, 2.75) is 89.0 Å². The van der Waals surface area contributed by atoms with Crippen LogP contribution in [0, 0.1) is 5.92 Å². The van der Waals surface area contributed by atoms with Crippen LogP contribution in [0.25, 0.3) is 0 Å². The number of amidine groups is 1. The summed E-state index contributed by atoms with van der Waals surface area (Å²) >= 11 is 6.19. The van der Waals surface area contributed by atoms with Crippen molar-refractivity contribution in [1.82, 2.24) is 9.78 Å². The quantitative estimate of drug-likeness (QED) is 0.244. The van der Waals surface area contributed by atoms with Gasteiger partial charge in [-0.2, -0.15) is 22.7 Å². The van der Waals surface area contributed by atoms with Gasteiger partial charge in [0.15, 0.2) is 5.15 Å². The van der Waals surface area contributed by atoms with Crippen LogP contribution in [0.15, 0.2) is 33.7 Å². The molecule has 13 nitrogen and oxygen atoms in total. The number of anilines is 2. The van der Waals surface area contributed by atoms with Gasteiger partial charge in [-0.15, -0.1) is 0 Å². The molecule has 1 aliphatic heterocycles. The monoisotopic (exact) mass is 700 g/mol. The summed E-state index contributed by atoms with van der Waals surface area (Å²) in [4.78, 5) is 12.0. The maximum absolute atomic E-state index is 14.0. The van der Waals surface area contributed by atoms with Crippen molar-refractivity contribution >= 4 is 55.0 Å². The van der Waals surface area contributed by atoms with E-state index in [0.29, 0.717) is 26.8 Å². The molecule has 0 radical (unpaired) electrons. The zero-order valence-electron chi connectivity index (χ0n) is 25.4. The molecule has 3 N–H and O–H groups in total. The molecule has 0 bridgehead atoms. The standard InChI is InChI=1S/C26H36ClF3N6O7S2/c1-7-16(4)44(38,39)34-23(31)15(3)11-18-13-36(45(40,41)21-14-35(8-2)33-22(21)27)19-12-17(9-10-20(19)42-18)32-24(37)43-25(5,6)26(28,29)30/h9-10,12,14-16,18H,7-8,11,13H2,1-6H3,(H2,31,34)(H,32,37)/t15-,16?,18+/m1/s1. The molecular weight excluding hydrogens is 665 g/mol. The summed E-state index contributed by atoms with van der Waals surface area (Å²) in [5.74, 6) is -0.788. The van der Waals surface area contributed by atoms with Crippen LogP contribution in [0.2, 0.25) is 5.15 Å². The second-order valence-corrected chi connectivity index (χ2v) is 15.2. The van der Waals surface area contributed by atoms with Gasteiger partial charge in [-0.05, 0) is 58.7 Å². The van der Waals surface area contributed by atoms with Gasteiger partial charge in [0, 0.05) is 24.3 Å². The molecule has 1 aromatic heterocycles. The molecule has 45 heavy (non-hydrogen) atoms. The van der Waals surface area contributed by atoms with E-state index in [1.165, 1.54) is 36.0 Å². The van der Waals surface area contributed by atoms with E-state index < -0.39 is 55.2 Å².